The minimum absolute atomic E-state index is 0.0560. The Labute approximate surface area is 91.8 Å². The zero-order valence-electron chi connectivity index (χ0n) is 10.3. The molecule has 4 nitrogen and oxygen atoms in total. The van der Waals surface area contributed by atoms with E-state index in [1.165, 1.54) is 0 Å². The van der Waals surface area contributed by atoms with Gasteiger partial charge < -0.3 is 10.6 Å². The van der Waals surface area contributed by atoms with Crippen LogP contribution in [0.1, 0.15) is 41.0 Å². The van der Waals surface area contributed by atoms with Gasteiger partial charge in [-0.05, 0) is 13.3 Å². The summed E-state index contributed by atoms with van der Waals surface area (Å²) < 4.78 is 0. The Morgan fingerprint density at radius 3 is 2.20 bits per heavy atom. The summed E-state index contributed by atoms with van der Waals surface area (Å²) in [6.07, 6.45) is 0.888. The van der Waals surface area contributed by atoms with Crippen molar-refractivity contribution in [1.82, 2.24) is 10.6 Å². The maximum atomic E-state index is 11.4. The summed E-state index contributed by atoms with van der Waals surface area (Å²) in [4.78, 5) is 22.8. The first kappa shape index (κ1) is 13.9. The third kappa shape index (κ3) is 6.10. The van der Waals surface area contributed by atoms with Crippen molar-refractivity contribution in [2.75, 3.05) is 6.54 Å². The van der Waals surface area contributed by atoms with Crippen molar-refractivity contribution < 1.29 is 9.59 Å². The van der Waals surface area contributed by atoms with Crippen molar-refractivity contribution in [3.05, 3.63) is 0 Å². The lowest BCUT2D eigenvalue weighted by molar-refractivity contribution is -0.131. The van der Waals surface area contributed by atoms with E-state index >= 15 is 0 Å². The number of nitrogens with one attached hydrogen (secondary N) is 2. The lowest BCUT2D eigenvalue weighted by atomic mass is 9.96. The van der Waals surface area contributed by atoms with Gasteiger partial charge in [-0.1, -0.05) is 27.7 Å². The molecule has 0 aromatic heterocycles. The lowest BCUT2D eigenvalue weighted by Crippen LogP contribution is -2.43. The SMILES string of the molecule is CCC(C)NC(=O)CNC(=O)C(C)(C)C. The normalized spacial score (nSPS) is 13.1. The van der Waals surface area contributed by atoms with E-state index in [4.69, 9.17) is 0 Å². The van der Waals surface area contributed by atoms with Crippen molar-refractivity contribution in [2.24, 2.45) is 5.41 Å². The molecule has 0 aliphatic rings. The van der Waals surface area contributed by atoms with E-state index < -0.39 is 5.41 Å². The van der Waals surface area contributed by atoms with E-state index in [-0.39, 0.29) is 24.4 Å². The smallest absolute Gasteiger partial charge is 0.239 e. The number of rotatable bonds is 4. The largest absolute Gasteiger partial charge is 0.352 e. The van der Waals surface area contributed by atoms with Crippen molar-refractivity contribution in [3.63, 3.8) is 0 Å². The van der Waals surface area contributed by atoms with E-state index in [9.17, 15) is 9.59 Å². The van der Waals surface area contributed by atoms with Crippen LogP contribution in [0.25, 0.3) is 0 Å². The van der Waals surface area contributed by atoms with Crippen LogP contribution in [-0.2, 0) is 9.59 Å². The van der Waals surface area contributed by atoms with Gasteiger partial charge in [0.25, 0.3) is 0 Å². The van der Waals surface area contributed by atoms with Crippen LogP contribution in [0, 0.1) is 5.41 Å². The van der Waals surface area contributed by atoms with Gasteiger partial charge in [0.1, 0.15) is 0 Å². The topological polar surface area (TPSA) is 58.2 Å². The molecule has 2 amide bonds. The molecule has 0 aromatic carbocycles. The fourth-order valence-electron chi connectivity index (χ4n) is 0.854. The second-order valence-electron chi connectivity index (χ2n) is 4.81. The number of carbonyl (C=O) groups is 2. The minimum Gasteiger partial charge on any atom is -0.352 e. The highest BCUT2D eigenvalue weighted by Gasteiger charge is 2.21. The molecular formula is C11H22N2O2. The van der Waals surface area contributed by atoms with E-state index in [1.807, 2.05) is 34.6 Å². The van der Waals surface area contributed by atoms with Crippen LogP contribution in [-0.4, -0.2) is 24.4 Å². The molecule has 1 atom stereocenters. The average molecular weight is 214 g/mol. The molecule has 0 saturated heterocycles. The van der Waals surface area contributed by atoms with E-state index in [1.54, 1.807) is 0 Å². The first-order valence-corrected chi connectivity index (χ1v) is 5.35. The third-order valence-electron chi connectivity index (χ3n) is 2.11. The average Bonchev–Trinajstić information content (AvgIpc) is 2.12. The van der Waals surface area contributed by atoms with Gasteiger partial charge in [-0.25, -0.2) is 0 Å². The van der Waals surface area contributed by atoms with Crippen LogP contribution in [0.3, 0.4) is 0 Å². The van der Waals surface area contributed by atoms with E-state index in [2.05, 4.69) is 10.6 Å². The maximum absolute atomic E-state index is 11.4. The molecule has 15 heavy (non-hydrogen) atoms. The van der Waals surface area contributed by atoms with Crippen LogP contribution in [0.2, 0.25) is 0 Å². The quantitative estimate of drug-likeness (QED) is 0.735. The number of hydrogen-bond acceptors (Lipinski definition) is 2. The number of amides is 2. The van der Waals surface area contributed by atoms with Crippen LogP contribution in [0.5, 0.6) is 0 Å². The summed E-state index contributed by atoms with van der Waals surface area (Å²) in [5, 5.41) is 5.38. The Morgan fingerprint density at radius 1 is 1.27 bits per heavy atom. The predicted molar refractivity (Wildman–Crippen MR) is 60.4 cm³/mol. The fraction of sp³-hybridized carbons (Fsp3) is 0.818. The second-order valence-corrected chi connectivity index (χ2v) is 4.81. The molecule has 1 unspecified atom stereocenters. The monoisotopic (exact) mass is 214 g/mol. The number of carbonyl (C=O) groups excluding carboxylic acids is 2. The van der Waals surface area contributed by atoms with Crippen LogP contribution >= 0.6 is 0 Å². The molecule has 0 aliphatic carbocycles. The number of hydrogen-bond donors (Lipinski definition) is 2. The summed E-state index contributed by atoms with van der Waals surface area (Å²) in [5.74, 6) is -0.247. The highest BCUT2D eigenvalue weighted by atomic mass is 16.2. The molecule has 0 bridgehead atoms. The van der Waals surface area contributed by atoms with Gasteiger partial charge in [0.05, 0.1) is 6.54 Å². The molecule has 0 fully saturated rings. The molecule has 88 valence electrons. The van der Waals surface area contributed by atoms with Crippen molar-refractivity contribution in [1.29, 1.82) is 0 Å². The van der Waals surface area contributed by atoms with Gasteiger partial charge in [0.2, 0.25) is 11.8 Å². The Hall–Kier alpha value is -1.06. The Kier molecular flexibility index (Phi) is 5.33. The summed E-state index contributed by atoms with van der Waals surface area (Å²) >= 11 is 0. The standard InChI is InChI=1S/C11H22N2O2/c1-6-8(2)13-9(14)7-12-10(15)11(3,4)5/h8H,6-7H2,1-5H3,(H,12,15)(H,13,14). The first-order chi connectivity index (χ1) is 6.77. The van der Waals surface area contributed by atoms with Gasteiger partial charge in [0, 0.05) is 11.5 Å². The Balaban J connectivity index is 3.87. The molecule has 0 radical (unpaired) electrons. The first-order valence-electron chi connectivity index (χ1n) is 5.35. The zero-order valence-corrected chi connectivity index (χ0v) is 10.3. The van der Waals surface area contributed by atoms with Gasteiger partial charge in [0.15, 0.2) is 0 Å². The van der Waals surface area contributed by atoms with Gasteiger partial charge in [-0.15, -0.1) is 0 Å². The van der Waals surface area contributed by atoms with Gasteiger partial charge >= 0.3 is 0 Å². The molecule has 0 rings (SSSR count). The molecule has 0 saturated carbocycles. The van der Waals surface area contributed by atoms with E-state index in [0.717, 1.165) is 6.42 Å². The summed E-state index contributed by atoms with van der Waals surface area (Å²) in [7, 11) is 0. The molecular weight excluding hydrogens is 192 g/mol. The third-order valence-corrected chi connectivity index (χ3v) is 2.11. The van der Waals surface area contributed by atoms with Crippen LogP contribution < -0.4 is 10.6 Å². The molecule has 0 aromatic rings. The zero-order chi connectivity index (χ0) is 12.1. The summed E-state index contributed by atoms with van der Waals surface area (Å²) in [6, 6.07) is 0.157. The maximum Gasteiger partial charge on any atom is 0.239 e. The van der Waals surface area contributed by atoms with Gasteiger partial charge in [-0.3, -0.25) is 9.59 Å². The van der Waals surface area contributed by atoms with Crippen molar-refractivity contribution in [3.8, 4) is 0 Å². The Bertz CT molecular complexity index is 231. The molecule has 2 N–H and O–H groups in total. The lowest BCUT2D eigenvalue weighted by Gasteiger charge is -2.18. The molecule has 0 aliphatic heterocycles. The van der Waals surface area contributed by atoms with Crippen LogP contribution in [0.15, 0.2) is 0 Å². The van der Waals surface area contributed by atoms with Crippen molar-refractivity contribution >= 4 is 11.8 Å². The summed E-state index contributed by atoms with van der Waals surface area (Å²) in [6.45, 7) is 9.43. The highest BCUT2D eigenvalue weighted by molar-refractivity contribution is 5.87. The second kappa shape index (κ2) is 5.73. The van der Waals surface area contributed by atoms with E-state index in [0.29, 0.717) is 0 Å². The fourth-order valence-corrected chi connectivity index (χ4v) is 0.854. The van der Waals surface area contributed by atoms with Crippen LogP contribution in [0.4, 0.5) is 0 Å². The highest BCUT2D eigenvalue weighted by Crippen LogP contribution is 2.11. The predicted octanol–water partition coefficient (Wildman–Crippen LogP) is 1.06. The Morgan fingerprint density at radius 2 is 1.80 bits per heavy atom. The van der Waals surface area contributed by atoms with Gasteiger partial charge in [-0.2, -0.15) is 0 Å². The molecule has 0 spiro atoms. The van der Waals surface area contributed by atoms with Crippen molar-refractivity contribution in [2.45, 2.75) is 47.1 Å². The molecule has 0 heterocycles. The molecule has 4 heteroatoms. The summed E-state index contributed by atoms with van der Waals surface area (Å²) in [5.41, 5.74) is -0.448. The minimum atomic E-state index is -0.448.